The first kappa shape index (κ1) is 18.8. The maximum absolute atomic E-state index is 13.6. The van der Waals surface area contributed by atoms with Gasteiger partial charge in [-0.25, -0.2) is 9.37 Å². The normalized spacial score (nSPS) is 15.1. The van der Waals surface area contributed by atoms with Crippen LogP contribution in [0.4, 0.5) is 4.39 Å². The smallest absolute Gasteiger partial charge is 0.142 e. The fourth-order valence-corrected chi connectivity index (χ4v) is 3.65. The topological polar surface area (TPSA) is 64.5 Å². The van der Waals surface area contributed by atoms with E-state index in [0.29, 0.717) is 51.5 Å². The van der Waals surface area contributed by atoms with Crippen LogP contribution in [0.5, 0.6) is 11.5 Å². The van der Waals surface area contributed by atoms with E-state index in [9.17, 15) is 9.50 Å². The molecule has 0 bridgehead atoms. The molecular formula is C23H16ClFN2O3. The van der Waals surface area contributed by atoms with Gasteiger partial charge in [0.05, 0.1) is 21.9 Å². The van der Waals surface area contributed by atoms with Gasteiger partial charge in [0.2, 0.25) is 0 Å². The Kier molecular flexibility index (Phi) is 4.73. The summed E-state index contributed by atoms with van der Waals surface area (Å²) >= 11 is 5.86. The third-order valence-electron chi connectivity index (χ3n) is 5.04. The first-order valence-corrected chi connectivity index (χ1v) is 9.72. The SMILES string of the molecule is OC1c2cc(OCc3ccc4cc(F)c(Cl)cc4n3)ccc2OCc2ncccc21. The number of hydrogen-bond donors (Lipinski definition) is 1. The number of benzene rings is 2. The van der Waals surface area contributed by atoms with E-state index < -0.39 is 11.9 Å². The van der Waals surface area contributed by atoms with Crippen LogP contribution in [0.15, 0.2) is 60.8 Å². The largest absolute Gasteiger partial charge is 0.487 e. The van der Waals surface area contributed by atoms with Crippen molar-refractivity contribution in [2.75, 3.05) is 0 Å². The zero-order valence-corrected chi connectivity index (χ0v) is 16.4. The predicted octanol–water partition coefficient (Wildman–Crippen LogP) is 4.98. The zero-order chi connectivity index (χ0) is 20.7. The van der Waals surface area contributed by atoms with Crippen LogP contribution in [-0.4, -0.2) is 15.1 Å². The number of fused-ring (bicyclic) bond motifs is 3. The third-order valence-corrected chi connectivity index (χ3v) is 5.33. The van der Waals surface area contributed by atoms with Crippen molar-refractivity contribution < 1.29 is 19.0 Å². The summed E-state index contributed by atoms with van der Waals surface area (Å²) in [5, 5.41) is 11.5. The highest BCUT2D eigenvalue weighted by Crippen LogP contribution is 2.37. The number of rotatable bonds is 3. The number of halogens is 2. The van der Waals surface area contributed by atoms with Gasteiger partial charge >= 0.3 is 0 Å². The van der Waals surface area contributed by atoms with Gasteiger partial charge in [0.25, 0.3) is 0 Å². The highest BCUT2D eigenvalue weighted by Gasteiger charge is 2.24. The summed E-state index contributed by atoms with van der Waals surface area (Å²) in [4.78, 5) is 8.77. The maximum Gasteiger partial charge on any atom is 0.142 e. The number of aliphatic hydroxyl groups is 1. The van der Waals surface area contributed by atoms with Crippen LogP contribution >= 0.6 is 11.6 Å². The van der Waals surface area contributed by atoms with E-state index in [1.165, 1.54) is 12.1 Å². The summed E-state index contributed by atoms with van der Waals surface area (Å²) in [6, 6.07) is 15.3. The lowest BCUT2D eigenvalue weighted by Crippen LogP contribution is -2.03. The van der Waals surface area contributed by atoms with Gasteiger partial charge in [-0.05, 0) is 42.5 Å². The van der Waals surface area contributed by atoms with E-state index in [2.05, 4.69) is 9.97 Å². The molecule has 1 atom stereocenters. The lowest BCUT2D eigenvalue weighted by atomic mass is 10.0. The fourth-order valence-electron chi connectivity index (χ4n) is 3.49. The Bertz CT molecular complexity index is 1260. The van der Waals surface area contributed by atoms with Gasteiger partial charge in [-0.1, -0.05) is 23.7 Å². The van der Waals surface area contributed by atoms with Crippen LogP contribution in [0.1, 0.15) is 28.6 Å². The zero-order valence-electron chi connectivity index (χ0n) is 15.7. The molecule has 30 heavy (non-hydrogen) atoms. The van der Waals surface area contributed by atoms with Gasteiger partial charge in [-0.2, -0.15) is 0 Å². The van der Waals surface area contributed by atoms with Gasteiger partial charge in [0.1, 0.15) is 36.6 Å². The number of aliphatic hydroxyl groups excluding tert-OH is 1. The first-order chi connectivity index (χ1) is 14.6. The summed E-state index contributed by atoms with van der Waals surface area (Å²) < 4.78 is 25.3. The molecule has 0 spiro atoms. The van der Waals surface area contributed by atoms with Crippen molar-refractivity contribution in [2.24, 2.45) is 0 Å². The van der Waals surface area contributed by atoms with Crippen molar-refractivity contribution in [3.8, 4) is 11.5 Å². The molecule has 5 rings (SSSR count). The van der Waals surface area contributed by atoms with Crippen LogP contribution in [-0.2, 0) is 13.2 Å². The predicted molar refractivity (Wildman–Crippen MR) is 110 cm³/mol. The molecule has 0 amide bonds. The Hall–Kier alpha value is -3.22. The summed E-state index contributed by atoms with van der Waals surface area (Å²) in [7, 11) is 0. The molecule has 0 radical (unpaired) electrons. The van der Waals surface area contributed by atoms with Crippen molar-refractivity contribution in [3.05, 3.63) is 94.1 Å². The molecule has 4 aromatic rings. The van der Waals surface area contributed by atoms with Crippen LogP contribution in [0.25, 0.3) is 10.9 Å². The molecule has 150 valence electrons. The Morgan fingerprint density at radius 2 is 2.03 bits per heavy atom. The van der Waals surface area contributed by atoms with Crippen molar-refractivity contribution in [1.29, 1.82) is 0 Å². The van der Waals surface area contributed by atoms with Gasteiger partial charge < -0.3 is 14.6 Å². The molecule has 1 aliphatic rings. The van der Waals surface area contributed by atoms with Crippen molar-refractivity contribution >= 4 is 22.5 Å². The minimum absolute atomic E-state index is 0.0302. The first-order valence-electron chi connectivity index (χ1n) is 9.34. The van der Waals surface area contributed by atoms with E-state index in [1.54, 1.807) is 42.6 Å². The molecule has 7 heteroatoms. The molecular weight excluding hydrogens is 407 g/mol. The number of pyridine rings is 2. The molecule has 1 unspecified atom stereocenters. The lowest BCUT2D eigenvalue weighted by molar-refractivity contribution is 0.216. The lowest BCUT2D eigenvalue weighted by Gasteiger charge is -2.14. The minimum atomic E-state index is -0.856. The number of hydrogen-bond acceptors (Lipinski definition) is 5. The van der Waals surface area contributed by atoms with E-state index in [-0.39, 0.29) is 11.6 Å². The van der Waals surface area contributed by atoms with Gasteiger partial charge in [-0.15, -0.1) is 0 Å². The number of ether oxygens (including phenoxy) is 2. The van der Waals surface area contributed by atoms with E-state index in [1.807, 2.05) is 6.07 Å². The van der Waals surface area contributed by atoms with Crippen molar-refractivity contribution in [1.82, 2.24) is 9.97 Å². The number of aromatic nitrogens is 2. The van der Waals surface area contributed by atoms with E-state index in [0.717, 1.165) is 0 Å². The molecule has 2 aromatic heterocycles. The monoisotopic (exact) mass is 422 g/mol. The minimum Gasteiger partial charge on any atom is -0.487 e. The fraction of sp³-hybridized carbons (Fsp3) is 0.130. The third kappa shape index (κ3) is 3.44. The van der Waals surface area contributed by atoms with Crippen molar-refractivity contribution in [3.63, 3.8) is 0 Å². The van der Waals surface area contributed by atoms with Gasteiger partial charge in [0.15, 0.2) is 0 Å². The quantitative estimate of drug-likeness (QED) is 0.504. The summed E-state index contributed by atoms with van der Waals surface area (Å²) in [5.74, 6) is 0.689. The molecule has 1 aliphatic heterocycles. The second-order valence-corrected chi connectivity index (χ2v) is 7.39. The van der Waals surface area contributed by atoms with Gasteiger partial charge in [0, 0.05) is 22.7 Å². The highest BCUT2D eigenvalue weighted by atomic mass is 35.5. The Balaban J connectivity index is 1.39. The molecule has 0 saturated heterocycles. The highest BCUT2D eigenvalue weighted by molar-refractivity contribution is 6.31. The number of nitrogens with zero attached hydrogens (tertiary/aromatic N) is 2. The van der Waals surface area contributed by atoms with Crippen LogP contribution in [0.2, 0.25) is 5.02 Å². The molecule has 0 aliphatic carbocycles. The maximum atomic E-state index is 13.6. The Morgan fingerprint density at radius 1 is 1.13 bits per heavy atom. The van der Waals surface area contributed by atoms with Crippen LogP contribution < -0.4 is 9.47 Å². The Labute approximate surface area is 176 Å². The molecule has 0 fully saturated rings. The molecule has 1 N–H and O–H groups in total. The second-order valence-electron chi connectivity index (χ2n) is 6.98. The molecule has 0 saturated carbocycles. The van der Waals surface area contributed by atoms with Gasteiger partial charge in [-0.3, -0.25) is 4.98 Å². The average Bonchev–Trinajstić information content (AvgIpc) is 2.90. The van der Waals surface area contributed by atoms with Crippen LogP contribution in [0.3, 0.4) is 0 Å². The summed E-state index contributed by atoms with van der Waals surface area (Å²) in [6.07, 6.45) is 0.822. The Morgan fingerprint density at radius 3 is 2.93 bits per heavy atom. The summed E-state index contributed by atoms with van der Waals surface area (Å²) in [5.41, 5.74) is 3.31. The van der Waals surface area contributed by atoms with E-state index >= 15 is 0 Å². The summed E-state index contributed by atoms with van der Waals surface area (Å²) in [6.45, 7) is 0.503. The van der Waals surface area contributed by atoms with Crippen molar-refractivity contribution in [2.45, 2.75) is 19.3 Å². The van der Waals surface area contributed by atoms with E-state index in [4.69, 9.17) is 21.1 Å². The van der Waals surface area contributed by atoms with Crippen LogP contribution in [0, 0.1) is 5.82 Å². The second kappa shape index (κ2) is 7.55. The molecule has 5 nitrogen and oxygen atoms in total. The standard InChI is InChI=1S/C23H16ClFN2O3/c24-18-10-20-13(8-19(18)25)3-4-14(27-20)11-29-15-5-6-22-17(9-15)23(28)16-2-1-7-26-21(16)12-30-22/h1-10,23,28H,11-12H2. The molecule has 3 heterocycles. The molecule has 2 aromatic carbocycles. The average molecular weight is 423 g/mol.